The van der Waals surface area contributed by atoms with Gasteiger partial charge in [-0.25, -0.2) is 0 Å². The second-order valence-electron chi connectivity index (χ2n) is 3.81. The maximum atomic E-state index is 11.4. The van der Waals surface area contributed by atoms with Gasteiger partial charge in [-0.1, -0.05) is 0 Å². The Kier molecular flexibility index (Phi) is 2.95. The molecule has 3 N–H and O–H groups in total. The highest BCUT2D eigenvalue weighted by atomic mass is 79.9. The lowest BCUT2D eigenvalue weighted by atomic mass is 10.4. The molecule has 1 aliphatic rings. The minimum Gasteiger partial charge on any atom is -0.381 e. The van der Waals surface area contributed by atoms with Crippen molar-refractivity contribution in [3.05, 3.63) is 10.7 Å². The van der Waals surface area contributed by atoms with Crippen LogP contribution >= 0.6 is 15.9 Å². The quantitative estimate of drug-likeness (QED) is 0.850. The second-order valence-corrected chi connectivity index (χ2v) is 4.66. The molecule has 2 rings (SSSR count). The van der Waals surface area contributed by atoms with Crippen LogP contribution in [0.4, 0.5) is 5.82 Å². The highest BCUT2D eigenvalue weighted by Crippen LogP contribution is 2.27. The number of nitrogens with two attached hydrogens (primary N) is 1. The highest BCUT2D eigenvalue weighted by Gasteiger charge is 2.21. The lowest BCUT2D eigenvalue weighted by Gasteiger charge is -2.03. The zero-order valence-electron chi connectivity index (χ0n) is 8.24. The summed E-state index contributed by atoms with van der Waals surface area (Å²) < 4.78 is 2.25. The van der Waals surface area contributed by atoms with Crippen molar-refractivity contribution in [2.24, 2.45) is 5.92 Å². The van der Waals surface area contributed by atoms with Crippen LogP contribution < -0.4 is 11.1 Å². The van der Waals surface area contributed by atoms with Crippen LogP contribution in [0.1, 0.15) is 12.8 Å². The highest BCUT2D eigenvalue weighted by molar-refractivity contribution is 9.10. The van der Waals surface area contributed by atoms with Gasteiger partial charge in [0.05, 0.1) is 4.47 Å². The van der Waals surface area contributed by atoms with Gasteiger partial charge >= 0.3 is 0 Å². The van der Waals surface area contributed by atoms with Crippen LogP contribution in [-0.2, 0) is 11.3 Å². The molecule has 1 aliphatic carbocycles. The molecule has 1 aromatic heterocycles. The molecular formula is C9H13BrN4O. The summed E-state index contributed by atoms with van der Waals surface area (Å²) in [4.78, 5) is 11.4. The molecule has 6 heteroatoms. The standard InChI is InChI=1S/C9H13BrN4O/c10-7-4-14(13-9(7)11)5-8(15)12-3-6-1-2-6/h4,6H,1-3,5H2,(H2,11,13)(H,12,15). The molecule has 0 aliphatic heterocycles. The normalized spacial score (nSPS) is 15.3. The molecule has 0 bridgehead atoms. The maximum absolute atomic E-state index is 11.4. The number of nitrogens with one attached hydrogen (secondary N) is 1. The van der Waals surface area contributed by atoms with Gasteiger partial charge in [0.2, 0.25) is 5.91 Å². The summed E-state index contributed by atoms with van der Waals surface area (Å²) in [5, 5.41) is 6.85. The Balaban J connectivity index is 1.81. The van der Waals surface area contributed by atoms with Crippen molar-refractivity contribution in [2.45, 2.75) is 19.4 Å². The third kappa shape index (κ3) is 2.95. The van der Waals surface area contributed by atoms with Gasteiger partial charge in [-0.2, -0.15) is 5.10 Å². The molecule has 0 radical (unpaired) electrons. The van der Waals surface area contributed by atoms with Gasteiger partial charge in [0, 0.05) is 12.7 Å². The lowest BCUT2D eigenvalue weighted by Crippen LogP contribution is -2.29. The molecule has 1 heterocycles. The van der Waals surface area contributed by atoms with E-state index < -0.39 is 0 Å². The largest absolute Gasteiger partial charge is 0.381 e. The molecule has 0 aromatic carbocycles. The Labute approximate surface area is 96.1 Å². The van der Waals surface area contributed by atoms with Gasteiger partial charge in [0.25, 0.3) is 0 Å². The number of halogens is 1. The van der Waals surface area contributed by atoms with Gasteiger partial charge < -0.3 is 11.1 Å². The predicted octanol–water partition coefficient (Wildman–Crippen LogP) is 0.754. The van der Waals surface area contributed by atoms with Gasteiger partial charge in [0.15, 0.2) is 5.82 Å². The number of carbonyl (C=O) groups excluding carboxylic acids is 1. The number of amides is 1. The molecule has 1 fully saturated rings. The number of carbonyl (C=O) groups is 1. The molecule has 0 atom stereocenters. The molecule has 0 saturated heterocycles. The molecule has 1 aromatic rings. The number of hydrogen-bond acceptors (Lipinski definition) is 3. The van der Waals surface area contributed by atoms with Gasteiger partial charge in [-0.05, 0) is 34.7 Å². The van der Waals surface area contributed by atoms with Gasteiger partial charge in [0.1, 0.15) is 6.54 Å². The monoisotopic (exact) mass is 272 g/mol. The summed E-state index contributed by atoms with van der Waals surface area (Å²) in [6, 6.07) is 0. The topological polar surface area (TPSA) is 72.9 Å². The smallest absolute Gasteiger partial charge is 0.241 e. The van der Waals surface area contributed by atoms with E-state index in [4.69, 9.17) is 5.73 Å². The Hall–Kier alpha value is -1.04. The van der Waals surface area contributed by atoms with E-state index in [1.54, 1.807) is 6.20 Å². The van der Waals surface area contributed by atoms with Crippen molar-refractivity contribution < 1.29 is 4.79 Å². The minimum atomic E-state index is -0.0168. The number of anilines is 1. The van der Waals surface area contributed by atoms with E-state index in [-0.39, 0.29) is 12.5 Å². The zero-order valence-corrected chi connectivity index (χ0v) is 9.83. The van der Waals surface area contributed by atoms with Crippen molar-refractivity contribution in [3.8, 4) is 0 Å². The summed E-state index contributed by atoms with van der Waals surface area (Å²) in [7, 11) is 0. The summed E-state index contributed by atoms with van der Waals surface area (Å²) in [6.07, 6.45) is 4.17. The third-order valence-electron chi connectivity index (χ3n) is 2.33. The van der Waals surface area contributed by atoms with E-state index in [9.17, 15) is 4.79 Å². The molecule has 1 saturated carbocycles. The molecule has 5 nitrogen and oxygen atoms in total. The van der Waals surface area contributed by atoms with E-state index >= 15 is 0 Å². The van der Waals surface area contributed by atoms with Crippen molar-refractivity contribution in [3.63, 3.8) is 0 Å². The fraction of sp³-hybridized carbons (Fsp3) is 0.556. The Morgan fingerprint density at radius 2 is 2.47 bits per heavy atom. The molecule has 0 spiro atoms. The van der Waals surface area contributed by atoms with Crippen molar-refractivity contribution in [2.75, 3.05) is 12.3 Å². The minimum absolute atomic E-state index is 0.0168. The maximum Gasteiger partial charge on any atom is 0.241 e. The SMILES string of the molecule is Nc1nn(CC(=O)NCC2CC2)cc1Br. The average Bonchev–Trinajstić information content (AvgIpc) is 2.93. The number of hydrogen-bond donors (Lipinski definition) is 2. The first kappa shape index (κ1) is 10.5. The van der Waals surface area contributed by atoms with E-state index in [1.807, 2.05) is 0 Å². The predicted molar refractivity (Wildman–Crippen MR) is 60.1 cm³/mol. The summed E-state index contributed by atoms with van der Waals surface area (Å²) in [5.74, 6) is 1.09. The molecule has 15 heavy (non-hydrogen) atoms. The Morgan fingerprint density at radius 3 is 3.00 bits per heavy atom. The first-order valence-corrected chi connectivity index (χ1v) is 5.69. The lowest BCUT2D eigenvalue weighted by molar-refractivity contribution is -0.121. The van der Waals surface area contributed by atoms with Crippen LogP contribution in [0, 0.1) is 5.92 Å². The van der Waals surface area contributed by atoms with Crippen molar-refractivity contribution in [1.82, 2.24) is 15.1 Å². The summed E-state index contributed by atoms with van der Waals surface area (Å²) >= 11 is 3.24. The Morgan fingerprint density at radius 1 is 1.73 bits per heavy atom. The van der Waals surface area contributed by atoms with E-state index in [0.717, 1.165) is 11.0 Å². The van der Waals surface area contributed by atoms with Crippen LogP contribution in [0.2, 0.25) is 0 Å². The van der Waals surface area contributed by atoms with Crippen LogP contribution in [0.5, 0.6) is 0 Å². The number of nitrogen functional groups attached to an aromatic ring is 1. The van der Waals surface area contributed by atoms with Crippen LogP contribution in [-0.4, -0.2) is 22.2 Å². The van der Waals surface area contributed by atoms with E-state index in [0.29, 0.717) is 11.7 Å². The molecule has 82 valence electrons. The molecular weight excluding hydrogens is 260 g/mol. The van der Waals surface area contributed by atoms with Gasteiger partial charge in [-0.3, -0.25) is 9.48 Å². The first-order valence-electron chi connectivity index (χ1n) is 4.90. The van der Waals surface area contributed by atoms with Crippen LogP contribution in [0.3, 0.4) is 0 Å². The molecule has 1 amide bonds. The fourth-order valence-corrected chi connectivity index (χ4v) is 1.59. The fourth-order valence-electron chi connectivity index (χ4n) is 1.28. The second kappa shape index (κ2) is 4.22. The van der Waals surface area contributed by atoms with E-state index in [2.05, 4.69) is 26.3 Å². The van der Waals surface area contributed by atoms with Crippen molar-refractivity contribution >= 4 is 27.7 Å². The summed E-state index contributed by atoms with van der Waals surface area (Å²) in [6.45, 7) is 1.01. The van der Waals surface area contributed by atoms with Crippen LogP contribution in [0.25, 0.3) is 0 Å². The number of aromatic nitrogens is 2. The summed E-state index contributed by atoms with van der Waals surface area (Å²) in [5.41, 5.74) is 5.54. The number of nitrogens with zero attached hydrogens (tertiary/aromatic N) is 2. The zero-order chi connectivity index (χ0) is 10.8. The third-order valence-corrected chi connectivity index (χ3v) is 2.94. The Bertz CT molecular complexity index is 353. The van der Waals surface area contributed by atoms with Gasteiger partial charge in [-0.15, -0.1) is 0 Å². The number of rotatable bonds is 4. The van der Waals surface area contributed by atoms with E-state index in [1.165, 1.54) is 17.5 Å². The van der Waals surface area contributed by atoms with Crippen LogP contribution in [0.15, 0.2) is 10.7 Å². The molecule has 0 unspecified atom stereocenters. The van der Waals surface area contributed by atoms with Crippen molar-refractivity contribution in [1.29, 1.82) is 0 Å². The first-order chi connectivity index (χ1) is 7.15. The average molecular weight is 273 g/mol.